The van der Waals surface area contributed by atoms with Crippen molar-refractivity contribution >= 4 is 11.8 Å². The third kappa shape index (κ3) is 6.24. The van der Waals surface area contributed by atoms with Gasteiger partial charge in [-0.1, -0.05) is 42.5 Å². The third-order valence-electron chi connectivity index (χ3n) is 4.53. The number of carbonyl (C=O) groups is 2. The summed E-state index contributed by atoms with van der Waals surface area (Å²) in [5, 5.41) is 0. The topological polar surface area (TPSA) is 52.6 Å². The molecule has 0 bridgehead atoms. The molecule has 0 unspecified atom stereocenters. The van der Waals surface area contributed by atoms with Gasteiger partial charge >= 0.3 is 5.97 Å². The van der Waals surface area contributed by atoms with Crippen LogP contribution >= 0.6 is 0 Å². The molecule has 0 aromatic heterocycles. The molecule has 0 saturated heterocycles. The van der Waals surface area contributed by atoms with Gasteiger partial charge in [-0.2, -0.15) is 0 Å². The molecule has 0 amide bonds. The highest BCUT2D eigenvalue weighted by Gasteiger charge is 2.29. The molecule has 0 heterocycles. The van der Waals surface area contributed by atoms with E-state index < -0.39 is 5.41 Å². The van der Waals surface area contributed by atoms with E-state index in [9.17, 15) is 9.59 Å². The average molecular weight is 368 g/mol. The van der Waals surface area contributed by atoms with Gasteiger partial charge in [-0.3, -0.25) is 9.59 Å². The maximum atomic E-state index is 12.3. The van der Waals surface area contributed by atoms with Crippen molar-refractivity contribution in [2.24, 2.45) is 5.41 Å². The second kappa shape index (κ2) is 9.36. The first-order valence-electron chi connectivity index (χ1n) is 9.25. The maximum absolute atomic E-state index is 12.3. The van der Waals surface area contributed by atoms with E-state index in [2.05, 4.69) is 6.07 Å². The van der Waals surface area contributed by atoms with Gasteiger partial charge in [0.05, 0.1) is 12.0 Å². The largest absolute Gasteiger partial charge is 0.493 e. The van der Waals surface area contributed by atoms with Gasteiger partial charge in [-0.15, -0.1) is 0 Å². The molecule has 2 rings (SSSR count). The third-order valence-corrected chi connectivity index (χ3v) is 4.53. The van der Waals surface area contributed by atoms with Crippen molar-refractivity contribution in [3.8, 4) is 5.75 Å². The summed E-state index contributed by atoms with van der Waals surface area (Å²) in [7, 11) is 0. The van der Waals surface area contributed by atoms with Gasteiger partial charge in [0.2, 0.25) is 0 Å². The molecule has 0 fully saturated rings. The van der Waals surface area contributed by atoms with Crippen LogP contribution in [-0.2, 0) is 9.53 Å². The molecule has 0 atom stereocenters. The van der Waals surface area contributed by atoms with Crippen LogP contribution in [0.3, 0.4) is 0 Å². The number of ketones is 1. The molecule has 0 N–H and O–H groups in total. The Morgan fingerprint density at radius 3 is 2.41 bits per heavy atom. The Balaban J connectivity index is 1.77. The molecule has 2 aromatic carbocycles. The van der Waals surface area contributed by atoms with Crippen molar-refractivity contribution in [3.63, 3.8) is 0 Å². The second-order valence-corrected chi connectivity index (χ2v) is 7.47. The lowest BCUT2D eigenvalue weighted by Crippen LogP contribution is -2.29. The molecular formula is C23H28O4. The zero-order valence-electron chi connectivity index (χ0n) is 16.6. The number of ether oxygens (including phenoxy) is 2. The van der Waals surface area contributed by atoms with Crippen molar-refractivity contribution in [1.29, 1.82) is 0 Å². The number of Topliss-reactive ketones (excluding diaryl/α,β-unsaturated/α-hetero) is 1. The fourth-order valence-corrected chi connectivity index (χ4v) is 2.69. The highest BCUT2D eigenvalue weighted by atomic mass is 16.5. The Kier molecular flexibility index (Phi) is 7.17. The fourth-order valence-electron chi connectivity index (χ4n) is 2.69. The SMILES string of the molecule is Cc1ccc(C)c(OCCCC(C)(C)C(=O)OCC(=O)c2ccccc2)c1. The first-order chi connectivity index (χ1) is 12.8. The van der Waals surface area contributed by atoms with E-state index in [0.29, 0.717) is 18.6 Å². The molecule has 0 aliphatic carbocycles. The lowest BCUT2D eigenvalue weighted by molar-refractivity contribution is -0.153. The highest BCUT2D eigenvalue weighted by Crippen LogP contribution is 2.25. The van der Waals surface area contributed by atoms with Crippen LogP contribution < -0.4 is 4.74 Å². The predicted octanol–water partition coefficient (Wildman–Crippen LogP) is 4.91. The van der Waals surface area contributed by atoms with Gasteiger partial charge in [-0.05, 0) is 57.7 Å². The molecule has 27 heavy (non-hydrogen) atoms. The van der Waals surface area contributed by atoms with Crippen molar-refractivity contribution in [2.75, 3.05) is 13.2 Å². The molecule has 0 aliphatic heterocycles. The number of hydrogen-bond donors (Lipinski definition) is 0. The number of hydrogen-bond acceptors (Lipinski definition) is 4. The van der Waals surface area contributed by atoms with E-state index in [4.69, 9.17) is 9.47 Å². The summed E-state index contributed by atoms with van der Waals surface area (Å²) in [5.41, 5.74) is 2.13. The lowest BCUT2D eigenvalue weighted by Gasteiger charge is -2.22. The van der Waals surface area contributed by atoms with E-state index in [1.54, 1.807) is 24.3 Å². The van der Waals surface area contributed by atoms with Crippen LogP contribution in [-0.4, -0.2) is 25.0 Å². The Morgan fingerprint density at radius 1 is 1.00 bits per heavy atom. The summed E-state index contributed by atoms with van der Waals surface area (Å²) >= 11 is 0. The van der Waals surface area contributed by atoms with Crippen molar-refractivity contribution in [3.05, 3.63) is 65.2 Å². The summed E-state index contributed by atoms with van der Waals surface area (Å²) in [6.45, 7) is 8.01. The Labute approximate surface area is 161 Å². The predicted molar refractivity (Wildman–Crippen MR) is 106 cm³/mol. The highest BCUT2D eigenvalue weighted by molar-refractivity contribution is 5.98. The lowest BCUT2D eigenvalue weighted by atomic mass is 9.88. The molecule has 2 aromatic rings. The van der Waals surface area contributed by atoms with Crippen molar-refractivity contribution in [2.45, 2.75) is 40.5 Å². The van der Waals surface area contributed by atoms with Crippen LogP contribution in [0.1, 0.15) is 48.2 Å². The number of benzene rings is 2. The number of esters is 1. The van der Waals surface area contributed by atoms with Crippen molar-refractivity contribution in [1.82, 2.24) is 0 Å². The summed E-state index contributed by atoms with van der Waals surface area (Å²) in [4.78, 5) is 24.4. The summed E-state index contributed by atoms with van der Waals surface area (Å²) in [6.07, 6.45) is 1.35. The molecular weight excluding hydrogens is 340 g/mol. The van der Waals surface area contributed by atoms with Crippen LogP contribution in [0.4, 0.5) is 0 Å². The molecule has 0 aliphatic rings. The minimum Gasteiger partial charge on any atom is -0.493 e. The van der Waals surface area contributed by atoms with Gasteiger partial charge in [0.25, 0.3) is 0 Å². The smallest absolute Gasteiger partial charge is 0.311 e. The van der Waals surface area contributed by atoms with E-state index in [1.165, 1.54) is 0 Å². The van der Waals surface area contributed by atoms with Crippen molar-refractivity contribution < 1.29 is 19.1 Å². The van der Waals surface area contributed by atoms with Crippen LogP contribution in [0.5, 0.6) is 5.75 Å². The van der Waals surface area contributed by atoms with Gasteiger partial charge in [-0.25, -0.2) is 0 Å². The van der Waals surface area contributed by atoms with Crippen LogP contribution in [0.25, 0.3) is 0 Å². The van der Waals surface area contributed by atoms with E-state index in [1.807, 2.05) is 45.9 Å². The van der Waals surface area contributed by atoms with Gasteiger partial charge < -0.3 is 9.47 Å². The fraction of sp³-hybridized carbons (Fsp3) is 0.391. The van der Waals surface area contributed by atoms with Crippen LogP contribution in [0, 0.1) is 19.3 Å². The summed E-state index contributed by atoms with van der Waals surface area (Å²) in [5.74, 6) is 0.320. The second-order valence-electron chi connectivity index (χ2n) is 7.47. The van der Waals surface area contributed by atoms with E-state index >= 15 is 0 Å². The molecule has 144 valence electrons. The van der Waals surface area contributed by atoms with Crippen LogP contribution in [0.15, 0.2) is 48.5 Å². The summed E-state index contributed by atoms with van der Waals surface area (Å²) in [6, 6.07) is 15.0. The number of carbonyl (C=O) groups excluding carboxylic acids is 2. The van der Waals surface area contributed by atoms with Gasteiger partial charge in [0.15, 0.2) is 12.4 Å². The first kappa shape index (κ1) is 20.7. The van der Waals surface area contributed by atoms with Crippen LogP contribution in [0.2, 0.25) is 0 Å². The van der Waals surface area contributed by atoms with Gasteiger partial charge in [0, 0.05) is 5.56 Å². The van der Waals surface area contributed by atoms with E-state index in [0.717, 1.165) is 23.3 Å². The first-order valence-corrected chi connectivity index (χ1v) is 9.25. The zero-order chi connectivity index (χ0) is 19.9. The van der Waals surface area contributed by atoms with Gasteiger partial charge in [0.1, 0.15) is 5.75 Å². The Hall–Kier alpha value is -2.62. The number of rotatable bonds is 9. The molecule has 0 spiro atoms. The quantitative estimate of drug-likeness (QED) is 0.358. The summed E-state index contributed by atoms with van der Waals surface area (Å²) < 4.78 is 11.1. The zero-order valence-corrected chi connectivity index (χ0v) is 16.6. The Morgan fingerprint density at radius 2 is 1.70 bits per heavy atom. The van der Waals surface area contributed by atoms with E-state index in [-0.39, 0.29) is 18.4 Å². The molecule has 4 heteroatoms. The minimum absolute atomic E-state index is 0.196. The maximum Gasteiger partial charge on any atom is 0.311 e. The average Bonchev–Trinajstić information content (AvgIpc) is 2.66. The monoisotopic (exact) mass is 368 g/mol. The number of aryl methyl sites for hydroxylation is 2. The molecule has 0 saturated carbocycles. The molecule has 4 nitrogen and oxygen atoms in total. The standard InChI is InChI=1S/C23H28O4/c1-17-11-12-18(2)21(15-17)26-14-8-13-23(3,4)22(25)27-16-20(24)19-9-6-5-7-10-19/h5-7,9-12,15H,8,13-14,16H2,1-4H3. The molecule has 0 radical (unpaired) electrons. The normalized spacial score (nSPS) is 11.1. The Bertz CT molecular complexity index is 778. The minimum atomic E-state index is -0.665.